The highest BCUT2D eigenvalue weighted by atomic mass is 16.7. The molecular weight excluding hydrogens is 246 g/mol. The van der Waals surface area contributed by atoms with Crippen LogP contribution in [0.15, 0.2) is 24.3 Å². The number of benzene rings is 1. The minimum Gasteiger partial charge on any atom is -0.373 e. The fourth-order valence-corrected chi connectivity index (χ4v) is 1.76. The average Bonchev–Trinajstić information content (AvgIpc) is 2.58. The Hall–Kier alpha value is -1.72. The van der Waals surface area contributed by atoms with Crippen LogP contribution >= 0.6 is 0 Å². The summed E-state index contributed by atoms with van der Waals surface area (Å²) in [6, 6.07) is 6.67. The van der Waals surface area contributed by atoms with Crippen LogP contribution in [0.25, 0.3) is 0 Å². The third-order valence-corrected chi connectivity index (χ3v) is 2.60. The number of carbonyl (C=O) groups excluding carboxylic acids is 2. The lowest BCUT2D eigenvalue weighted by atomic mass is 10.1. The predicted molar refractivity (Wildman–Crippen MR) is 68.6 cm³/mol. The third kappa shape index (κ3) is 3.00. The molecule has 19 heavy (non-hydrogen) atoms. The number of fused-ring (bicyclic) bond motifs is 1. The van der Waals surface area contributed by atoms with Crippen LogP contribution in [0, 0.1) is 0 Å². The molecule has 1 heterocycles. The molecule has 0 unspecified atom stereocenters. The molecule has 0 fully saturated rings. The van der Waals surface area contributed by atoms with Crippen LogP contribution in [0.3, 0.4) is 0 Å². The van der Waals surface area contributed by atoms with Crippen LogP contribution in [0.1, 0.15) is 41.5 Å². The van der Waals surface area contributed by atoms with Crippen molar-refractivity contribution in [3.63, 3.8) is 0 Å². The Balaban J connectivity index is 1.94. The van der Waals surface area contributed by atoms with Gasteiger partial charge >= 0.3 is 0 Å². The van der Waals surface area contributed by atoms with Crippen LogP contribution in [0.5, 0.6) is 0 Å². The van der Waals surface area contributed by atoms with E-state index >= 15 is 0 Å². The summed E-state index contributed by atoms with van der Waals surface area (Å²) in [6.07, 6.45) is 0. The molecule has 5 heteroatoms. The van der Waals surface area contributed by atoms with Crippen LogP contribution in [-0.2, 0) is 9.57 Å². The Morgan fingerprint density at radius 1 is 1.00 bits per heavy atom. The zero-order valence-electron chi connectivity index (χ0n) is 11.3. The van der Waals surface area contributed by atoms with E-state index < -0.39 is 11.8 Å². The fraction of sp³-hybridized carbons (Fsp3) is 0.429. The highest BCUT2D eigenvalue weighted by Crippen LogP contribution is 2.22. The van der Waals surface area contributed by atoms with Crippen molar-refractivity contribution in [1.82, 2.24) is 5.06 Å². The first kappa shape index (κ1) is 13.7. The summed E-state index contributed by atoms with van der Waals surface area (Å²) in [5.41, 5.74) is 0.485. The molecule has 2 rings (SSSR count). The molecule has 0 spiro atoms. The van der Waals surface area contributed by atoms with Gasteiger partial charge in [0.25, 0.3) is 11.8 Å². The lowest BCUT2D eigenvalue weighted by Crippen LogP contribution is -2.32. The molecule has 0 radical (unpaired) electrons. The Bertz CT molecular complexity index is 469. The van der Waals surface area contributed by atoms with Gasteiger partial charge in [0.2, 0.25) is 0 Å². The molecule has 0 aromatic heterocycles. The minimum atomic E-state index is -0.420. The normalized spacial score (nSPS) is 15.0. The van der Waals surface area contributed by atoms with Gasteiger partial charge in [-0.15, -0.1) is 5.06 Å². The van der Waals surface area contributed by atoms with Gasteiger partial charge in [-0.1, -0.05) is 12.1 Å². The zero-order chi connectivity index (χ0) is 14.0. The van der Waals surface area contributed by atoms with Crippen molar-refractivity contribution in [2.45, 2.75) is 26.4 Å². The monoisotopic (exact) mass is 263 g/mol. The molecule has 1 aliphatic heterocycles. The van der Waals surface area contributed by atoms with E-state index in [0.717, 1.165) is 5.06 Å². The standard InChI is InChI=1S/C14H17NO4/c1-14(2,3)18-8-9-19-15-12(16)10-6-4-5-7-11(10)13(15)17/h4-7H,8-9H2,1-3H3. The lowest BCUT2D eigenvalue weighted by Gasteiger charge is -2.20. The quantitative estimate of drug-likeness (QED) is 0.616. The van der Waals surface area contributed by atoms with Crippen LogP contribution in [0.4, 0.5) is 0 Å². The summed E-state index contributed by atoms with van der Waals surface area (Å²) in [5.74, 6) is -0.840. The van der Waals surface area contributed by atoms with E-state index in [1.54, 1.807) is 24.3 Å². The first-order chi connectivity index (χ1) is 8.90. The molecule has 0 N–H and O–H groups in total. The van der Waals surface area contributed by atoms with Crippen molar-refractivity contribution in [2.24, 2.45) is 0 Å². The second-order valence-corrected chi connectivity index (χ2v) is 5.24. The molecule has 2 amide bonds. The number of nitrogens with zero attached hydrogens (tertiary/aromatic N) is 1. The van der Waals surface area contributed by atoms with E-state index in [1.807, 2.05) is 20.8 Å². The van der Waals surface area contributed by atoms with E-state index in [-0.39, 0.29) is 12.2 Å². The Labute approximate surface area is 112 Å². The van der Waals surface area contributed by atoms with E-state index in [2.05, 4.69) is 0 Å². The Morgan fingerprint density at radius 3 is 2.00 bits per heavy atom. The van der Waals surface area contributed by atoms with Crippen molar-refractivity contribution in [3.8, 4) is 0 Å². The van der Waals surface area contributed by atoms with Crippen LogP contribution in [0.2, 0.25) is 0 Å². The molecule has 0 saturated carbocycles. The topological polar surface area (TPSA) is 55.8 Å². The molecule has 1 aromatic carbocycles. The van der Waals surface area contributed by atoms with Gasteiger partial charge in [-0.25, -0.2) is 0 Å². The van der Waals surface area contributed by atoms with Gasteiger partial charge in [-0.2, -0.15) is 0 Å². The van der Waals surface area contributed by atoms with Gasteiger partial charge in [0.15, 0.2) is 0 Å². The van der Waals surface area contributed by atoms with Gasteiger partial charge in [0.05, 0.1) is 29.9 Å². The summed E-state index contributed by atoms with van der Waals surface area (Å²) in [6.45, 7) is 6.25. The number of hydrogen-bond acceptors (Lipinski definition) is 4. The summed E-state index contributed by atoms with van der Waals surface area (Å²) in [7, 11) is 0. The van der Waals surface area contributed by atoms with E-state index in [1.165, 1.54) is 0 Å². The molecule has 0 atom stereocenters. The maximum atomic E-state index is 11.9. The first-order valence-corrected chi connectivity index (χ1v) is 6.15. The Morgan fingerprint density at radius 2 is 1.53 bits per heavy atom. The third-order valence-electron chi connectivity index (χ3n) is 2.60. The molecular formula is C14H17NO4. The molecule has 1 aliphatic rings. The number of carbonyl (C=O) groups is 2. The molecule has 1 aromatic rings. The number of rotatable bonds is 4. The second kappa shape index (κ2) is 5.11. The molecule has 0 saturated heterocycles. The predicted octanol–water partition coefficient (Wildman–Crippen LogP) is 2.03. The van der Waals surface area contributed by atoms with Gasteiger partial charge in [0, 0.05) is 0 Å². The van der Waals surface area contributed by atoms with Crippen molar-refractivity contribution >= 4 is 11.8 Å². The minimum absolute atomic E-state index is 0.155. The summed E-state index contributed by atoms with van der Waals surface area (Å²) in [4.78, 5) is 29.1. The van der Waals surface area contributed by atoms with Crippen molar-refractivity contribution < 1.29 is 19.2 Å². The van der Waals surface area contributed by atoms with Gasteiger partial charge in [0.1, 0.15) is 0 Å². The summed E-state index contributed by atoms with van der Waals surface area (Å²) >= 11 is 0. The van der Waals surface area contributed by atoms with Crippen molar-refractivity contribution in [1.29, 1.82) is 0 Å². The average molecular weight is 263 g/mol. The van der Waals surface area contributed by atoms with Gasteiger partial charge in [-0.05, 0) is 32.9 Å². The van der Waals surface area contributed by atoms with Crippen molar-refractivity contribution in [2.75, 3.05) is 13.2 Å². The zero-order valence-corrected chi connectivity index (χ0v) is 11.3. The number of ether oxygens (including phenoxy) is 1. The fourth-order valence-electron chi connectivity index (χ4n) is 1.76. The number of amides is 2. The molecule has 0 bridgehead atoms. The van der Waals surface area contributed by atoms with Crippen LogP contribution < -0.4 is 0 Å². The largest absolute Gasteiger partial charge is 0.373 e. The van der Waals surface area contributed by atoms with Gasteiger partial charge in [-0.3, -0.25) is 14.4 Å². The van der Waals surface area contributed by atoms with E-state index in [4.69, 9.17) is 9.57 Å². The van der Waals surface area contributed by atoms with Crippen LogP contribution in [-0.4, -0.2) is 35.7 Å². The second-order valence-electron chi connectivity index (χ2n) is 5.24. The first-order valence-electron chi connectivity index (χ1n) is 6.15. The maximum absolute atomic E-state index is 11.9. The maximum Gasteiger partial charge on any atom is 0.285 e. The number of imide groups is 1. The molecule has 0 aliphatic carbocycles. The van der Waals surface area contributed by atoms with Gasteiger partial charge < -0.3 is 4.74 Å². The lowest BCUT2D eigenvalue weighted by molar-refractivity contribution is -0.120. The SMILES string of the molecule is CC(C)(C)OCCON1C(=O)c2ccccc2C1=O. The molecule has 102 valence electrons. The highest BCUT2D eigenvalue weighted by molar-refractivity contribution is 6.20. The van der Waals surface area contributed by atoms with E-state index in [9.17, 15) is 9.59 Å². The van der Waals surface area contributed by atoms with Crippen molar-refractivity contribution in [3.05, 3.63) is 35.4 Å². The number of hydrogen-bond donors (Lipinski definition) is 0. The van der Waals surface area contributed by atoms with E-state index in [0.29, 0.717) is 17.7 Å². The molecule has 5 nitrogen and oxygen atoms in total. The summed E-state index contributed by atoms with van der Waals surface area (Å²) in [5, 5.41) is 0.802. The number of hydroxylamine groups is 2. The Kier molecular flexibility index (Phi) is 3.68. The highest BCUT2D eigenvalue weighted by Gasteiger charge is 2.36. The summed E-state index contributed by atoms with van der Waals surface area (Å²) < 4.78 is 5.46. The smallest absolute Gasteiger partial charge is 0.285 e.